The molecule has 0 saturated heterocycles. The minimum atomic E-state index is -1.39. The fourth-order valence-corrected chi connectivity index (χ4v) is 1.47. The Morgan fingerprint density at radius 3 is 2.67 bits per heavy atom. The normalized spacial score (nSPS) is 10.3. The van der Waals surface area contributed by atoms with Crippen LogP contribution in [0, 0.1) is 6.92 Å². The van der Waals surface area contributed by atoms with Crippen molar-refractivity contribution in [1.82, 2.24) is 5.32 Å². The van der Waals surface area contributed by atoms with Gasteiger partial charge in [0.2, 0.25) is 0 Å². The van der Waals surface area contributed by atoms with Gasteiger partial charge in [-0.05, 0) is 25.1 Å². The number of carboxylic acids is 1. The molecule has 0 aliphatic heterocycles. The van der Waals surface area contributed by atoms with Crippen molar-refractivity contribution in [3.63, 3.8) is 0 Å². The zero-order chi connectivity index (χ0) is 13.1. The van der Waals surface area contributed by atoms with E-state index in [0.29, 0.717) is 17.1 Å². The van der Waals surface area contributed by atoms with E-state index < -0.39 is 5.97 Å². The molecule has 0 atom stereocenters. The molecule has 6 nitrogen and oxygen atoms in total. The maximum absolute atomic E-state index is 11.7. The molecule has 0 aliphatic carbocycles. The Kier molecular flexibility index (Phi) is 3.18. The first-order valence-corrected chi connectivity index (χ1v) is 5.20. The summed E-state index contributed by atoms with van der Waals surface area (Å²) in [5.41, 5.74) is 0.432. The molecule has 94 valence electrons. The van der Waals surface area contributed by atoms with Gasteiger partial charge in [-0.2, -0.15) is 0 Å². The van der Waals surface area contributed by atoms with Crippen molar-refractivity contribution >= 4 is 11.9 Å². The topological polar surface area (TPSA) is 95.5 Å². The average Bonchev–Trinajstić information content (AvgIpc) is 2.94. The Labute approximate surface area is 102 Å². The van der Waals surface area contributed by atoms with Crippen LogP contribution in [0.1, 0.15) is 32.4 Å². The van der Waals surface area contributed by atoms with Gasteiger partial charge in [-0.15, -0.1) is 0 Å². The highest BCUT2D eigenvalue weighted by Gasteiger charge is 2.11. The molecule has 2 aromatic heterocycles. The largest absolute Gasteiger partial charge is 0.542 e. The standard InChI is InChI=1S/C12H11NO5/c1-7-9(4-5-17-7)11(14)13-6-8-2-3-10(18-8)12(15)16/h2-5H,6H2,1H3,(H,13,14)(H,15,16)/p-1. The molecule has 2 heterocycles. The molecule has 0 unspecified atom stereocenters. The molecule has 2 rings (SSSR count). The van der Waals surface area contributed by atoms with E-state index in [1.807, 2.05) is 0 Å². The summed E-state index contributed by atoms with van der Waals surface area (Å²) in [6.45, 7) is 1.77. The van der Waals surface area contributed by atoms with Gasteiger partial charge in [0.15, 0.2) is 0 Å². The van der Waals surface area contributed by atoms with E-state index in [1.54, 1.807) is 13.0 Å². The molecule has 1 amide bonds. The van der Waals surface area contributed by atoms with Crippen molar-refractivity contribution in [2.24, 2.45) is 0 Å². The Balaban J connectivity index is 1.97. The van der Waals surface area contributed by atoms with Gasteiger partial charge in [0.1, 0.15) is 23.3 Å². The van der Waals surface area contributed by atoms with Gasteiger partial charge in [-0.3, -0.25) is 4.79 Å². The number of amides is 1. The number of hydrogen-bond donors (Lipinski definition) is 1. The molecule has 0 fully saturated rings. The van der Waals surface area contributed by atoms with Crippen molar-refractivity contribution in [3.05, 3.63) is 47.3 Å². The lowest BCUT2D eigenvalue weighted by molar-refractivity contribution is -0.257. The van der Waals surface area contributed by atoms with Crippen LogP contribution in [0.25, 0.3) is 0 Å². The van der Waals surface area contributed by atoms with Crippen LogP contribution >= 0.6 is 0 Å². The van der Waals surface area contributed by atoms with Gasteiger partial charge in [0.25, 0.3) is 5.91 Å². The Hall–Kier alpha value is -2.50. The molecule has 0 aromatic carbocycles. The summed E-state index contributed by atoms with van der Waals surface area (Å²) < 4.78 is 9.95. The molecular formula is C12H10NO5-. The van der Waals surface area contributed by atoms with Gasteiger partial charge in [-0.1, -0.05) is 0 Å². The predicted octanol–water partition coefficient (Wildman–Crippen LogP) is 0.475. The van der Waals surface area contributed by atoms with Crippen LogP contribution in [0.5, 0.6) is 0 Å². The van der Waals surface area contributed by atoms with Crippen LogP contribution < -0.4 is 10.4 Å². The fraction of sp³-hybridized carbons (Fsp3) is 0.167. The van der Waals surface area contributed by atoms with Crippen LogP contribution in [0.3, 0.4) is 0 Å². The van der Waals surface area contributed by atoms with E-state index in [1.165, 1.54) is 18.4 Å². The minimum Gasteiger partial charge on any atom is -0.542 e. The van der Waals surface area contributed by atoms with E-state index in [0.717, 1.165) is 0 Å². The molecule has 0 bridgehead atoms. The Bertz CT molecular complexity index is 581. The van der Waals surface area contributed by atoms with Crippen LogP contribution in [0.15, 0.2) is 33.3 Å². The third kappa shape index (κ3) is 2.42. The van der Waals surface area contributed by atoms with Gasteiger partial charge >= 0.3 is 0 Å². The number of aromatic carboxylic acids is 1. The molecule has 0 radical (unpaired) electrons. The smallest absolute Gasteiger partial charge is 0.255 e. The lowest BCUT2D eigenvalue weighted by Gasteiger charge is -2.02. The van der Waals surface area contributed by atoms with E-state index in [4.69, 9.17) is 8.83 Å². The SMILES string of the molecule is Cc1occc1C(=O)NCc1ccc(C(=O)[O-])o1. The Morgan fingerprint density at radius 1 is 1.33 bits per heavy atom. The van der Waals surface area contributed by atoms with E-state index >= 15 is 0 Å². The minimum absolute atomic E-state index is 0.0940. The maximum Gasteiger partial charge on any atom is 0.255 e. The summed E-state index contributed by atoms with van der Waals surface area (Å²) in [7, 11) is 0. The number of nitrogens with one attached hydrogen (secondary N) is 1. The predicted molar refractivity (Wildman–Crippen MR) is 57.7 cm³/mol. The third-order valence-electron chi connectivity index (χ3n) is 2.39. The number of aryl methyl sites for hydroxylation is 1. The average molecular weight is 248 g/mol. The van der Waals surface area contributed by atoms with Crippen LogP contribution in [0.2, 0.25) is 0 Å². The van der Waals surface area contributed by atoms with E-state index in [9.17, 15) is 14.7 Å². The highest BCUT2D eigenvalue weighted by atomic mass is 16.4. The highest BCUT2D eigenvalue weighted by molar-refractivity contribution is 5.94. The molecule has 2 aromatic rings. The number of rotatable bonds is 4. The molecule has 0 aliphatic rings. The van der Waals surface area contributed by atoms with Gasteiger partial charge in [-0.25, -0.2) is 0 Å². The van der Waals surface area contributed by atoms with E-state index in [-0.39, 0.29) is 18.2 Å². The first-order valence-electron chi connectivity index (χ1n) is 5.20. The molecule has 0 saturated carbocycles. The lowest BCUT2D eigenvalue weighted by atomic mass is 10.2. The van der Waals surface area contributed by atoms with Gasteiger partial charge in [0, 0.05) is 0 Å². The molecule has 0 spiro atoms. The summed E-state index contributed by atoms with van der Waals surface area (Å²) in [6, 6.07) is 4.30. The summed E-state index contributed by atoms with van der Waals surface area (Å²) >= 11 is 0. The second-order valence-electron chi connectivity index (χ2n) is 3.63. The summed E-state index contributed by atoms with van der Waals surface area (Å²) in [5, 5.41) is 13.1. The molecule has 1 N–H and O–H groups in total. The zero-order valence-electron chi connectivity index (χ0n) is 9.56. The summed E-state index contributed by atoms with van der Waals surface area (Å²) in [4.78, 5) is 22.2. The van der Waals surface area contributed by atoms with Crippen LogP contribution in [-0.2, 0) is 6.54 Å². The molecule has 18 heavy (non-hydrogen) atoms. The van der Waals surface area contributed by atoms with Crippen molar-refractivity contribution < 1.29 is 23.5 Å². The first-order chi connectivity index (χ1) is 8.58. The van der Waals surface area contributed by atoms with Crippen LogP contribution in [-0.4, -0.2) is 11.9 Å². The van der Waals surface area contributed by atoms with Crippen molar-refractivity contribution in [2.45, 2.75) is 13.5 Å². The summed E-state index contributed by atoms with van der Waals surface area (Å²) in [5.74, 6) is -1.12. The zero-order valence-corrected chi connectivity index (χ0v) is 9.56. The first kappa shape index (κ1) is 12.0. The Morgan fingerprint density at radius 2 is 2.11 bits per heavy atom. The summed E-state index contributed by atoms with van der Waals surface area (Å²) in [6.07, 6.45) is 1.42. The number of carbonyl (C=O) groups excluding carboxylic acids is 2. The molecular weight excluding hydrogens is 238 g/mol. The monoisotopic (exact) mass is 248 g/mol. The van der Waals surface area contributed by atoms with Crippen molar-refractivity contribution in [3.8, 4) is 0 Å². The number of carbonyl (C=O) groups is 2. The number of hydrogen-bond acceptors (Lipinski definition) is 5. The molecule has 6 heteroatoms. The second-order valence-corrected chi connectivity index (χ2v) is 3.63. The van der Waals surface area contributed by atoms with Crippen molar-refractivity contribution in [1.29, 1.82) is 0 Å². The quantitative estimate of drug-likeness (QED) is 0.848. The number of furan rings is 2. The van der Waals surface area contributed by atoms with Gasteiger partial charge in [0.05, 0.1) is 18.4 Å². The van der Waals surface area contributed by atoms with Gasteiger partial charge < -0.3 is 24.1 Å². The second kappa shape index (κ2) is 4.79. The maximum atomic E-state index is 11.7. The van der Waals surface area contributed by atoms with Crippen LogP contribution in [0.4, 0.5) is 0 Å². The van der Waals surface area contributed by atoms with Crippen molar-refractivity contribution in [2.75, 3.05) is 0 Å². The number of carboxylic acid groups (broad SMARTS) is 1. The fourth-order valence-electron chi connectivity index (χ4n) is 1.47. The van der Waals surface area contributed by atoms with E-state index in [2.05, 4.69) is 5.32 Å². The highest BCUT2D eigenvalue weighted by Crippen LogP contribution is 2.10. The third-order valence-corrected chi connectivity index (χ3v) is 2.39. The lowest BCUT2D eigenvalue weighted by Crippen LogP contribution is -2.23.